The first-order valence-corrected chi connectivity index (χ1v) is 12.0. The lowest BCUT2D eigenvalue weighted by molar-refractivity contribution is -0.138. The lowest BCUT2D eigenvalue weighted by atomic mass is 9.74. The van der Waals surface area contributed by atoms with E-state index in [1.165, 1.54) is 0 Å². The average Bonchev–Trinajstić information content (AvgIpc) is 3.04. The number of ether oxygens (including phenoxy) is 1. The van der Waals surface area contributed by atoms with Crippen LogP contribution in [0.2, 0.25) is 10.0 Å². The summed E-state index contributed by atoms with van der Waals surface area (Å²) in [6.45, 7) is 1.84. The Bertz CT molecular complexity index is 1080. The van der Waals surface area contributed by atoms with Gasteiger partial charge < -0.3 is 9.84 Å². The molecule has 31 heavy (non-hydrogen) atoms. The Labute approximate surface area is 197 Å². The number of hydrogen-bond acceptors (Lipinski definition) is 5. The molecule has 2 aliphatic rings. The highest BCUT2D eigenvalue weighted by molar-refractivity contribution is 7.90. The van der Waals surface area contributed by atoms with E-state index in [0.717, 1.165) is 18.4 Å². The van der Waals surface area contributed by atoms with E-state index in [2.05, 4.69) is 0 Å². The Morgan fingerprint density at radius 3 is 2.39 bits per heavy atom. The highest BCUT2D eigenvalue weighted by Crippen LogP contribution is 2.46. The highest BCUT2D eigenvalue weighted by Gasteiger charge is 2.43. The number of rotatable bonds is 5. The maximum atomic E-state index is 13.0. The Hall–Kier alpha value is -1.51. The molecule has 0 atom stereocenters. The number of likely N-dealkylation sites (tertiary alicyclic amines) is 1. The molecule has 0 radical (unpaired) electrons. The van der Waals surface area contributed by atoms with Gasteiger partial charge in [-0.1, -0.05) is 35.3 Å². The van der Waals surface area contributed by atoms with Crippen LogP contribution in [0.5, 0.6) is 5.75 Å². The third-order valence-corrected chi connectivity index (χ3v) is 8.30. The van der Waals surface area contributed by atoms with E-state index >= 15 is 0 Å². The smallest absolute Gasteiger partial charge is 0.317 e. The van der Waals surface area contributed by atoms with Gasteiger partial charge >= 0.3 is 5.97 Å². The zero-order chi connectivity index (χ0) is 21.5. The fourth-order valence-corrected chi connectivity index (χ4v) is 6.34. The number of hydrogen-bond donors (Lipinski definition) is 1. The second-order valence-electron chi connectivity index (χ2n) is 7.86. The quantitative estimate of drug-likeness (QED) is 0.654. The molecule has 2 aromatic carbocycles. The minimum absolute atomic E-state index is 0. The van der Waals surface area contributed by atoms with Crippen LogP contribution >= 0.6 is 35.6 Å². The predicted molar refractivity (Wildman–Crippen MR) is 122 cm³/mol. The number of nitrogens with zero attached hydrogens (tertiary/aromatic N) is 1. The molecule has 168 valence electrons. The molecule has 1 fully saturated rings. The molecule has 1 N–H and O–H groups in total. The summed E-state index contributed by atoms with van der Waals surface area (Å²) in [7, 11) is -3.67. The van der Waals surface area contributed by atoms with Gasteiger partial charge in [0.2, 0.25) is 0 Å². The molecule has 2 aromatic rings. The molecule has 1 saturated heterocycles. The van der Waals surface area contributed by atoms with Gasteiger partial charge in [-0.25, -0.2) is 8.42 Å². The molecular formula is C21H22Cl3NO5S. The van der Waals surface area contributed by atoms with E-state index in [1.807, 2.05) is 11.0 Å². The molecule has 0 amide bonds. The van der Waals surface area contributed by atoms with E-state index in [4.69, 9.17) is 33.0 Å². The summed E-state index contributed by atoms with van der Waals surface area (Å²) in [6, 6.07) is 9.92. The zero-order valence-electron chi connectivity index (χ0n) is 16.5. The van der Waals surface area contributed by atoms with Crippen molar-refractivity contribution in [3.63, 3.8) is 0 Å². The first-order valence-electron chi connectivity index (χ1n) is 9.57. The maximum absolute atomic E-state index is 13.0. The molecule has 4 rings (SSSR count). The van der Waals surface area contributed by atoms with Crippen LogP contribution in [-0.4, -0.2) is 50.6 Å². The van der Waals surface area contributed by atoms with Gasteiger partial charge in [0.25, 0.3) is 0 Å². The average molecular weight is 507 g/mol. The monoisotopic (exact) mass is 505 g/mol. The number of sulfone groups is 1. The van der Waals surface area contributed by atoms with Crippen LogP contribution in [0, 0.1) is 0 Å². The summed E-state index contributed by atoms with van der Waals surface area (Å²) in [6.07, 6.45) is 1.54. The van der Waals surface area contributed by atoms with Gasteiger partial charge in [-0.2, -0.15) is 0 Å². The first kappa shape index (κ1) is 24.1. The molecule has 0 bridgehead atoms. The number of aliphatic carboxylic acids is 1. The maximum Gasteiger partial charge on any atom is 0.317 e. The van der Waals surface area contributed by atoms with Crippen LogP contribution in [0.3, 0.4) is 0 Å². The predicted octanol–water partition coefficient (Wildman–Crippen LogP) is 4.20. The summed E-state index contributed by atoms with van der Waals surface area (Å²) >= 11 is 12.3. The lowest BCUT2D eigenvalue weighted by Crippen LogP contribution is -2.45. The Morgan fingerprint density at radius 1 is 1.13 bits per heavy atom. The zero-order valence-corrected chi connectivity index (χ0v) is 19.7. The SMILES string of the molecule is Cl.O=C(O)CN1CCC2(CC1)COc1cc(S(=O)(=O)Cc3c(Cl)cccc3Cl)ccc12. The van der Waals surface area contributed by atoms with Gasteiger partial charge in [0.15, 0.2) is 9.84 Å². The number of benzene rings is 2. The molecular weight excluding hydrogens is 485 g/mol. The second kappa shape index (κ2) is 9.16. The highest BCUT2D eigenvalue weighted by atomic mass is 35.5. The Kier molecular flexibility index (Phi) is 7.13. The lowest BCUT2D eigenvalue weighted by Gasteiger charge is -2.37. The van der Waals surface area contributed by atoms with Gasteiger partial charge in [-0.3, -0.25) is 9.69 Å². The molecule has 0 saturated carbocycles. The van der Waals surface area contributed by atoms with E-state index in [-0.39, 0.29) is 35.0 Å². The molecule has 10 heteroatoms. The summed E-state index contributed by atoms with van der Waals surface area (Å²) in [4.78, 5) is 13.0. The minimum atomic E-state index is -3.67. The molecule has 6 nitrogen and oxygen atoms in total. The fourth-order valence-electron chi connectivity index (χ4n) is 4.24. The minimum Gasteiger partial charge on any atom is -0.492 e. The largest absolute Gasteiger partial charge is 0.492 e. The van der Waals surface area contributed by atoms with Crippen molar-refractivity contribution >= 4 is 51.4 Å². The molecule has 1 spiro atoms. The molecule has 2 heterocycles. The van der Waals surface area contributed by atoms with E-state index in [9.17, 15) is 13.2 Å². The van der Waals surface area contributed by atoms with Crippen molar-refractivity contribution < 1.29 is 23.1 Å². The van der Waals surface area contributed by atoms with Crippen molar-refractivity contribution in [1.29, 1.82) is 0 Å². The van der Waals surface area contributed by atoms with Crippen molar-refractivity contribution in [3.05, 3.63) is 57.6 Å². The third kappa shape index (κ3) is 4.81. The van der Waals surface area contributed by atoms with Gasteiger partial charge in [0.05, 0.1) is 23.8 Å². The number of fused-ring (bicyclic) bond motifs is 2. The fraction of sp³-hybridized carbons (Fsp3) is 0.381. The number of carboxylic acids is 1. The van der Waals surface area contributed by atoms with Crippen LogP contribution in [0.15, 0.2) is 41.3 Å². The summed E-state index contributed by atoms with van der Waals surface area (Å²) in [5.74, 6) is -0.546. The van der Waals surface area contributed by atoms with E-state index in [0.29, 0.717) is 41.1 Å². The van der Waals surface area contributed by atoms with Crippen LogP contribution in [0.1, 0.15) is 24.0 Å². The van der Waals surface area contributed by atoms with Gasteiger partial charge in [-0.05, 0) is 50.2 Å². The van der Waals surface area contributed by atoms with Gasteiger partial charge in [-0.15, -0.1) is 12.4 Å². The van der Waals surface area contributed by atoms with Gasteiger partial charge in [0, 0.05) is 26.6 Å². The van der Waals surface area contributed by atoms with Crippen LogP contribution in [-0.2, 0) is 25.8 Å². The molecule has 0 aromatic heterocycles. The van der Waals surface area contributed by atoms with E-state index in [1.54, 1.807) is 30.3 Å². The Morgan fingerprint density at radius 2 is 1.77 bits per heavy atom. The molecule has 0 unspecified atom stereocenters. The van der Waals surface area contributed by atoms with Crippen LogP contribution < -0.4 is 4.74 Å². The normalized spacial score (nSPS) is 17.6. The number of carbonyl (C=O) groups is 1. The third-order valence-electron chi connectivity index (χ3n) is 5.96. The van der Waals surface area contributed by atoms with Gasteiger partial charge in [0.1, 0.15) is 5.75 Å². The van der Waals surface area contributed by atoms with Crippen molar-refractivity contribution in [1.82, 2.24) is 4.90 Å². The van der Waals surface area contributed by atoms with E-state index < -0.39 is 15.8 Å². The Balaban J connectivity index is 0.00000272. The molecule has 0 aliphatic carbocycles. The van der Waals surface area contributed by atoms with Crippen LogP contribution in [0.4, 0.5) is 0 Å². The van der Waals surface area contributed by atoms with Crippen molar-refractivity contribution in [2.24, 2.45) is 0 Å². The summed E-state index contributed by atoms with van der Waals surface area (Å²) in [5, 5.41) is 9.62. The standard InChI is InChI=1S/C21H21Cl2NO5S.ClH/c22-17-2-1-3-18(23)15(17)12-30(27,28)14-4-5-16-19(10-14)29-13-21(16)6-8-24(9-7-21)11-20(25)26;/h1-5,10H,6-9,11-13H2,(H,25,26);1H. The number of carboxylic acid groups (broad SMARTS) is 1. The summed E-state index contributed by atoms with van der Waals surface area (Å²) < 4.78 is 31.9. The second-order valence-corrected chi connectivity index (χ2v) is 10.7. The van der Waals surface area contributed by atoms with Crippen molar-refractivity contribution in [2.45, 2.75) is 28.9 Å². The van der Waals surface area contributed by atoms with Crippen molar-refractivity contribution in [3.8, 4) is 5.75 Å². The topological polar surface area (TPSA) is 83.9 Å². The first-order chi connectivity index (χ1) is 14.2. The molecule has 2 aliphatic heterocycles. The van der Waals surface area contributed by atoms with Crippen molar-refractivity contribution in [2.75, 3.05) is 26.2 Å². The number of piperidine rings is 1. The summed E-state index contributed by atoms with van der Waals surface area (Å²) in [5.41, 5.74) is 1.18. The number of halogens is 3. The van der Waals surface area contributed by atoms with Crippen LogP contribution in [0.25, 0.3) is 0 Å².